The van der Waals surface area contributed by atoms with Crippen LogP contribution >= 0.6 is 0 Å². The summed E-state index contributed by atoms with van der Waals surface area (Å²) in [4.78, 5) is 9.21. The van der Waals surface area contributed by atoms with Gasteiger partial charge in [0.2, 0.25) is 5.95 Å². The zero-order valence-corrected chi connectivity index (χ0v) is 19.8. The fourth-order valence-corrected chi connectivity index (χ4v) is 4.67. The number of nitrogens with zero attached hydrogens (tertiary/aromatic N) is 4. The van der Waals surface area contributed by atoms with Gasteiger partial charge in [0.05, 0.1) is 18.5 Å². The van der Waals surface area contributed by atoms with Crippen LogP contribution < -0.4 is 16.0 Å². The Labute approximate surface area is 196 Å². The van der Waals surface area contributed by atoms with E-state index in [-0.39, 0.29) is 0 Å². The van der Waals surface area contributed by atoms with E-state index < -0.39 is 0 Å². The van der Waals surface area contributed by atoms with Gasteiger partial charge < -0.3 is 25.4 Å². The van der Waals surface area contributed by atoms with E-state index in [4.69, 9.17) is 14.5 Å². The smallest absolute Gasteiger partial charge is 0.223 e. The van der Waals surface area contributed by atoms with Crippen molar-refractivity contribution in [2.75, 3.05) is 44.1 Å². The maximum Gasteiger partial charge on any atom is 0.223 e. The number of hydrogen-bond donors (Lipinski definition) is 3. The molecule has 1 saturated carbocycles. The van der Waals surface area contributed by atoms with E-state index in [1.807, 2.05) is 12.1 Å². The maximum atomic E-state index is 5.44. The van der Waals surface area contributed by atoms with Gasteiger partial charge in [-0.05, 0) is 63.5 Å². The maximum absolute atomic E-state index is 5.44. The van der Waals surface area contributed by atoms with Crippen LogP contribution in [0.1, 0.15) is 45.4 Å². The SMILES string of the molecule is COC[C@@H](C)NC1CCC(Nc2nccc(-c3cnnc(NCC4CCOCC4)c3)n2)CC1. The lowest BCUT2D eigenvalue weighted by Gasteiger charge is -2.31. The second-order valence-corrected chi connectivity index (χ2v) is 9.25. The number of nitrogens with one attached hydrogen (secondary N) is 3. The first-order chi connectivity index (χ1) is 16.2. The molecule has 9 nitrogen and oxygen atoms in total. The molecule has 3 heterocycles. The largest absolute Gasteiger partial charge is 0.383 e. The van der Waals surface area contributed by atoms with Crippen LogP contribution in [0.2, 0.25) is 0 Å². The third-order valence-electron chi connectivity index (χ3n) is 6.52. The van der Waals surface area contributed by atoms with E-state index in [0.717, 1.165) is 82.0 Å². The van der Waals surface area contributed by atoms with Gasteiger partial charge in [-0.1, -0.05) is 0 Å². The second-order valence-electron chi connectivity index (χ2n) is 9.25. The number of aromatic nitrogens is 4. The summed E-state index contributed by atoms with van der Waals surface area (Å²) in [5.41, 5.74) is 1.78. The quantitative estimate of drug-likeness (QED) is 0.498. The van der Waals surface area contributed by atoms with E-state index in [0.29, 0.717) is 30.0 Å². The van der Waals surface area contributed by atoms with Crippen molar-refractivity contribution in [2.45, 2.75) is 63.6 Å². The summed E-state index contributed by atoms with van der Waals surface area (Å²) in [5.74, 6) is 2.07. The lowest BCUT2D eigenvalue weighted by Crippen LogP contribution is -2.43. The first kappa shape index (κ1) is 23.8. The van der Waals surface area contributed by atoms with E-state index in [2.05, 4.69) is 38.1 Å². The van der Waals surface area contributed by atoms with Crippen molar-refractivity contribution in [3.05, 3.63) is 24.5 Å². The summed E-state index contributed by atoms with van der Waals surface area (Å²) in [6.45, 7) is 5.50. The highest BCUT2D eigenvalue weighted by Crippen LogP contribution is 2.24. The Hall–Kier alpha value is -2.36. The molecule has 180 valence electrons. The Bertz CT molecular complexity index is 854. The molecule has 1 aliphatic heterocycles. The zero-order chi connectivity index (χ0) is 22.9. The van der Waals surface area contributed by atoms with Crippen LogP contribution in [0.15, 0.2) is 24.5 Å². The summed E-state index contributed by atoms with van der Waals surface area (Å²) >= 11 is 0. The lowest BCUT2D eigenvalue weighted by molar-refractivity contribution is 0.0699. The van der Waals surface area contributed by atoms with Crippen LogP contribution in [0.25, 0.3) is 11.3 Å². The molecule has 0 aromatic carbocycles. The molecule has 33 heavy (non-hydrogen) atoms. The summed E-state index contributed by atoms with van der Waals surface area (Å²) in [6, 6.07) is 5.26. The number of ether oxygens (including phenoxy) is 2. The minimum Gasteiger partial charge on any atom is -0.383 e. The van der Waals surface area contributed by atoms with Gasteiger partial charge in [0.25, 0.3) is 0 Å². The van der Waals surface area contributed by atoms with Crippen LogP contribution in [0.4, 0.5) is 11.8 Å². The van der Waals surface area contributed by atoms with E-state index in [1.165, 1.54) is 0 Å². The van der Waals surface area contributed by atoms with Crippen molar-refractivity contribution in [1.29, 1.82) is 0 Å². The predicted octanol–water partition coefficient (Wildman–Crippen LogP) is 3.12. The van der Waals surface area contributed by atoms with Gasteiger partial charge in [-0.2, -0.15) is 5.10 Å². The number of anilines is 2. The number of methoxy groups -OCH3 is 1. The summed E-state index contributed by atoms with van der Waals surface area (Å²) in [5, 5.41) is 19.0. The molecule has 2 aromatic heterocycles. The molecule has 1 saturated heterocycles. The van der Waals surface area contributed by atoms with Gasteiger partial charge in [-0.3, -0.25) is 0 Å². The van der Waals surface area contributed by atoms with E-state index in [9.17, 15) is 0 Å². The van der Waals surface area contributed by atoms with E-state index >= 15 is 0 Å². The standard InChI is InChI=1S/C24H37N7O2/c1-17(16-32-2)28-20-3-5-21(6-4-20)29-24-25-10-7-22(30-24)19-13-23(31-27-15-19)26-14-18-8-11-33-12-9-18/h7,10,13,15,17-18,20-21,28H,3-6,8-9,11-12,14,16H2,1-2H3,(H,26,31)(H,25,29,30)/t17-,20?,21?/m1/s1. The van der Waals surface area contributed by atoms with Crippen molar-refractivity contribution >= 4 is 11.8 Å². The van der Waals surface area contributed by atoms with Gasteiger partial charge >= 0.3 is 0 Å². The summed E-state index contributed by atoms with van der Waals surface area (Å²) in [6.07, 6.45) is 10.2. The van der Waals surface area contributed by atoms with Crippen molar-refractivity contribution in [2.24, 2.45) is 5.92 Å². The fraction of sp³-hybridized carbons (Fsp3) is 0.667. The topological polar surface area (TPSA) is 106 Å². The molecule has 2 fully saturated rings. The highest BCUT2D eigenvalue weighted by Gasteiger charge is 2.22. The molecular formula is C24H37N7O2. The zero-order valence-electron chi connectivity index (χ0n) is 19.8. The molecular weight excluding hydrogens is 418 g/mol. The Kier molecular flexibility index (Phi) is 8.79. The van der Waals surface area contributed by atoms with Crippen molar-refractivity contribution in [3.8, 4) is 11.3 Å². The summed E-state index contributed by atoms with van der Waals surface area (Å²) < 4.78 is 10.7. The number of hydrogen-bond acceptors (Lipinski definition) is 9. The average Bonchev–Trinajstić information content (AvgIpc) is 2.85. The van der Waals surface area contributed by atoms with Crippen LogP contribution in [-0.4, -0.2) is 71.8 Å². The molecule has 1 atom stereocenters. The first-order valence-electron chi connectivity index (χ1n) is 12.2. The molecule has 0 unspecified atom stereocenters. The Morgan fingerprint density at radius 1 is 1.12 bits per heavy atom. The molecule has 9 heteroatoms. The van der Waals surface area contributed by atoms with Crippen LogP contribution in [0, 0.1) is 5.92 Å². The van der Waals surface area contributed by atoms with Crippen LogP contribution in [-0.2, 0) is 9.47 Å². The van der Waals surface area contributed by atoms with Crippen molar-refractivity contribution in [1.82, 2.24) is 25.5 Å². The second kappa shape index (κ2) is 12.2. The van der Waals surface area contributed by atoms with Crippen LogP contribution in [0.3, 0.4) is 0 Å². The van der Waals surface area contributed by atoms with Gasteiger partial charge in [-0.15, -0.1) is 5.10 Å². The molecule has 0 amide bonds. The molecule has 4 rings (SSSR count). The van der Waals surface area contributed by atoms with Crippen LogP contribution in [0.5, 0.6) is 0 Å². The van der Waals surface area contributed by atoms with Crippen molar-refractivity contribution in [3.63, 3.8) is 0 Å². The Morgan fingerprint density at radius 2 is 1.91 bits per heavy atom. The highest BCUT2D eigenvalue weighted by molar-refractivity contribution is 5.62. The molecule has 0 radical (unpaired) electrons. The van der Waals surface area contributed by atoms with Gasteiger partial charge in [0.1, 0.15) is 5.82 Å². The average molecular weight is 456 g/mol. The minimum absolute atomic E-state index is 0.384. The Balaban J connectivity index is 1.30. The first-order valence-corrected chi connectivity index (χ1v) is 12.2. The molecule has 2 aromatic rings. The molecule has 3 N–H and O–H groups in total. The predicted molar refractivity (Wildman–Crippen MR) is 129 cm³/mol. The summed E-state index contributed by atoms with van der Waals surface area (Å²) in [7, 11) is 1.75. The van der Waals surface area contributed by atoms with Gasteiger partial charge in [0, 0.05) is 56.8 Å². The molecule has 0 spiro atoms. The van der Waals surface area contributed by atoms with Gasteiger partial charge in [-0.25, -0.2) is 9.97 Å². The Morgan fingerprint density at radius 3 is 2.70 bits per heavy atom. The minimum atomic E-state index is 0.384. The fourth-order valence-electron chi connectivity index (χ4n) is 4.67. The lowest BCUT2D eigenvalue weighted by atomic mass is 9.91. The van der Waals surface area contributed by atoms with E-state index in [1.54, 1.807) is 19.5 Å². The molecule has 1 aliphatic carbocycles. The molecule has 2 aliphatic rings. The molecule has 0 bridgehead atoms. The van der Waals surface area contributed by atoms with Crippen molar-refractivity contribution < 1.29 is 9.47 Å². The normalized spacial score (nSPS) is 22.6. The number of rotatable bonds is 10. The highest BCUT2D eigenvalue weighted by atomic mass is 16.5. The monoisotopic (exact) mass is 455 g/mol. The van der Waals surface area contributed by atoms with Gasteiger partial charge in [0.15, 0.2) is 0 Å². The third-order valence-corrected chi connectivity index (χ3v) is 6.52. The third kappa shape index (κ3) is 7.31.